The van der Waals surface area contributed by atoms with E-state index in [0.29, 0.717) is 6.61 Å². The molecule has 0 radical (unpaired) electrons. The van der Waals surface area contributed by atoms with Gasteiger partial charge in [0.15, 0.2) is 0 Å². The van der Waals surface area contributed by atoms with Crippen LogP contribution in [0.2, 0.25) is 0 Å². The Labute approximate surface area is 117 Å². The van der Waals surface area contributed by atoms with Crippen molar-refractivity contribution in [2.75, 3.05) is 0 Å². The molecule has 3 heteroatoms. The Bertz CT molecular complexity index is 471. The lowest BCUT2D eigenvalue weighted by Gasteiger charge is -2.08. The third-order valence-electron chi connectivity index (χ3n) is 2.15. The first-order valence-electron chi connectivity index (χ1n) is 4.87. The van der Waals surface area contributed by atoms with E-state index in [1.54, 1.807) is 0 Å². The molecule has 0 saturated carbocycles. The molecule has 2 aromatic rings. The average molecular weight is 389 g/mol. The predicted octanol–water partition coefficient (Wildman–Crippen LogP) is 4.63. The van der Waals surface area contributed by atoms with Crippen molar-refractivity contribution in [3.8, 4) is 5.75 Å². The molecule has 0 saturated heterocycles. The molecule has 2 rings (SSSR count). The highest BCUT2D eigenvalue weighted by Gasteiger charge is 2.01. The first-order valence-corrected chi connectivity index (χ1v) is 6.74. The van der Waals surface area contributed by atoms with Gasteiger partial charge in [-0.05, 0) is 52.9 Å². The van der Waals surface area contributed by atoms with E-state index in [9.17, 15) is 0 Å². The van der Waals surface area contributed by atoms with Gasteiger partial charge in [-0.1, -0.05) is 34.1 Å². The molecule has 0 amide bonds. The normalized spacial score (nSPS) is 10.1. The van der Waals surface area contributed by atoms with Crippen LogP contribution in [0.1, 0.15) is 5.56 Å². The summed E-state index contributed by atoms with van der Waals surface area (Å²) in [6.45, 7) is 0.585. The van der Waals surface area contributed by atoms with Crippen molar-refractivity contribution < 1.29 is 4.74 Å². The first-order chi connectivity index (χ1) is 7.75. The summed E-state index contributed by atoms with van der Waals surface area (Å²) < 4.78 is 8.00. The van der Waals surface area contributed by atoms with Crippen LogP contribution in [0.3, 0.4) is 0 Å². The van der Waals surface area contributed by atoms with Crippen LogP contribution in [-0.4, -0.2) is 0 Å². The maximum Gasteiger partial charge on any atom is 0.119 e. The van der Waals surface area contributed by atoms with E-state index in [0.717, 1.165) is 15.8 Å². The van der Waals surface area contributed by atoms with Crippen molar-refractivity contribution in [3.63, 3.8) is 0 Å². The van der Waals surface area contributed by atoms with E-state index >= 15 is 0 Å². The molecular weight excluding hydrogens is 379 g/mol. The van der Waals surface area contributed by atoms with Gasteiger partial charge in [-0.3, -0.25) is 0 Å². The largest absolute Gasteiger partial charge is 0.489 e. The molecule has 0 aromatic heterocycles. The van der Waals surface area contributed by atoms with Crippen LogP contribution in [-0.2, 0) is 6.61 Å². The van der Waals surface area contributed by atoms with Crippen molar-refractivity contribution >= 4 is 38.5 Å². The third kappa shape index (κ3) is 3.22. The maximum atomic E-state index is 5.69. The van der Waals surface area contributed by atoms with Gasteiger partial charge in [0.25, 0.3) is 0 Å². The molecule has 0 fully saturated rings. The molecule has 1 nitrogen and oxygen atoms in total. The first kappa shape index (κ1) is 11.9. The van der Waals surface area contributed by atoms with Gasteiger partial charge in [0.1, 0.15) is 12.4 Å². The number of ether oxygens (including phenoxy) is 1. The molecule has 82 valence electrons. The molecule has 0 aliphatic heterocycles. The quantitative estimate of drug-likeness (QED) is 0.696. The SMILES string of the molecule is Brc1ccc(I)cc1COc1ccccc1. The highest BCUT2D eigenvalue weighted by atomic mass is 127. The Kier molecular flexibility index (Phi) is 4.23. The van der Waals surface area contributed by atoms with Crippen LogP contribution in [0, 0.1) is 3.57 Å². The number of hydrogen-bond donors (Lipinski definition) is 0. The zero-order valence-corrected chi connectivity index (χ0v) is 12.2. The summed E-state index contributed by atoms with van der Waals surface area (Å²) in [5.74, 6) is 0.897. The van der Waals surface area contributed by atoms with Gasteiger partial charge in [-0.2, -0.15) is 0 Å². The van der Waals surface area contributed by atoms with Crippen molar-refractivity contribution in [2.45, 2.75) is 6.61 Å². The monoisotopic (exact) mass is 388 g/mol. The molecule has 2 aromatic carbocycles. The molecule has 0 unspecified atom stereocenters. The molecule has 0 bridgehead atoms. The fourth-order valence-electron chi connectivity index (χ4n) is 1.33. The van der Waals surface area contributed by atoms with Crippen LogP contribution in [0.5, 0.6) is 5.75 Å². The zero-order valence-electron chi connectivity index (χ0n) is 8.49. The van der Waals surface area contributed by atoms with Crippen molar-refractivity contribution in [2.24, 2.45) is 0 Å². The maximum absolute atomic E-state index is 5.69. The van der Waals surface area contributed by atoms with Crippen molar-refractivity contribution in [1.82, 2.24) is 0 Å². The van der Waals surface area contributed by atoms with Gasteiger partial charge in [0.05, 0.1) is 0 Å². The third-order valence-corrected chi connectivity index (χ3v) is 3.59. The fourth-order valence-corrected chi connectivity index (χ4v) is 2.25. The number of benzene rings is 2. The minimum absolute atomic E-state index is 0.585. The van der Waals surface area contributed by atoms with E-state index in [1.165, 1.54) is 3.57 Å². The van der Waals surface area contributed by atoms with Crippen molar-refractivity contribution in [1.29, 1.82) is 0 Å². The van der Waals surface area contributed by atoms with Gasteiger partial charge in [-0.25, -0.2) is 0 Å². The second kappa shape index (κ2) is 5.68. The summed E-state index contributed by atoms with van der Waals surface area (Å²) in [5.41, 5.74) is 1.16. The van der Waals surface area contributed by atoms with E-state index in [1.807, 2.05) is 36.4 Å². The predicted molar refractivity (Wildman–Crippen MR) is 77.6 cm³/mol. The number of hydrogen-bond acceptors (Lipinski definition) is 1. The minimum Gasteiger partial charge on any atom is -0.489 e. The Hall–Kier alpha value is -0.550. The van der Waals surface area contributed by atoms with Crippen molar-refractivity contribution in [3.05, 3.63) is 62.1 Å². The van der Waals surface area contributed by atoms with E-state index in [2.05, 4.69) is 50.7 Å². The van der Waals surface area contributed by atoms with Gasteiger partial charge < -0.3 is 4.74 Å². The smallest absolute Gasteiger partial charge is 0.119 e. The Morgan fingerprint density at radius 2 is 1.81 bits per heavy atom. The fraction of sp³-hybridized carbons (Fsp3) is 0.0769. The molecule has 0 spiro atoms. The molecule has 0 N–H and O–H groups in total. The molecule has 0 atom stereocenters. The van der Waals surface area contributed by atoms with E-state index < -0.39 is 0 Å². The topological polar surface area (TPSA) is 9.23 Å². The van der Waals surface area contributed by atoms with Crippen LogP contribution in [0.25, 0.3) is 0 Å². The highest BCUT2D eigenvalue weighted by molar-refractivity contribution is 14.1. The van der Waals surface area contributed by atoms with Crippen LogP contribution < -0.4 is 4.74 Å². The lowest BCUT2D eigenvalue weighted by Crippen LogP contribution is -1.96. The summed E-state index contributed by atoms with van der Waals surface area (Å²) in [6.07, 6.45) is 0. The molecule has 0 aliphatic rings. The highest BCUT2D eigenvalue weighted by Crippen LogP contribution is 2.21. The molecular formula is C13H10BrIO. The number of halogens is 2. The standard InChI is InChI=1S/C13H10BrIO/c14-13-7-6-11(15)8-10(13)9-16-12-4-2-1-3-5-12/h1-8H,9H2. The minimum atomic E-state index is 0.585. The van der Waals surface area contributed by atoms with Gasteiger partial charge >= 0.3 is 0 Å². The van der Waals surface area contributed by atoms with Crippen LogP contribution in [0.15, 0.2) is 53.0 Å². The summed E-state index contributed by atoms with van der Waals surface area (Å²) >= 11 is 5.82. The van der Waals surface area contributed by atoms with Gasteiger partial charge in [0.2, 0.25) is 0 Å². The molecule has 0 aliphatic carbocycles. The lowest BCUT2D eigenvalue weighted by molar-refractivity contribution is 0.305. The Morgan fingerprint density at radius 3 is 2.56 bits per heavy atom. The van der Waals surface area contributed by atoms with Crippen LogP contribution in [0.4, 0.5) is 0 Å². The molecule has 0 heterocycles. The summed E-state index contributed by atoms with van der Waals surface area (Å²) in [6, 6.07) is 16.1. The number of para-hydroxylation sites is 1. The average Bonchev–Trinajstić information content (AvgIpc) is 2.32. The summed E-state index contributed by atoms with van der Waals surface area (Å²) in [7, 11) is 0. The van der Waals surface area contributed by atoms with E-state index in [-0.39, 0.29) is 0 Å². The second-order valence-electron chi connectivity index (χ2n) is 3.34. The lowest BCUT2D eigenvalue weighted by atomic mass is 10.2. The Morgan fingerprint density at radius 1 is 1.06 bits per heavy atom. The van der Waals surface area contributed by atoms with Crippen LogP contribution >= 0.6 is 38.5 Å². The summed E-state index contributed by atoms with van der Waals surface area (Å²) in [4.78, 5) is 0. The van der Waals surface area contributed by atoms with Gasteiger partial charge in [-0.15, -0.1) is 0 Å². The Balaban J connectivity index is 2.08. The van der Waals surface area contributed by atoms with E-state index in [4.69, 9.17) is 4.74 Å². The number of rotatable bonds is 3. The van der Waals surface area contributed by atoms with Gasteiger partial charge in [0, 0.05) is 13.6 Å². The zero-order chi connectivity index (χ0) is 11.4. The molecule has 16 heavy (non-hydrogen) atoms. The summed E-state index contributed by atoms with van der Waals surface area (Å²) in [5, 5.41) is 0. The second-order valence-corrected chi connectivity index (χ2v) is 5.44.